The number of amides is 2. The fraction of sp³-hybridized carbons (Fsp3) is 0.882. The highest BCUT2D eigenvalue weighted by atomic mass is 16.5. The number of nitrogens with zero attached hydrogens (tertiary/aromatic N) is 3. The molecule has 138 valence electrons. The predicted molar refractivity (Wildman–Crippen MR) is 92.4 cm³/mol. The van der Waals surface area contributed by atoms with Crippen molar-refractivity contribution in [3.8, 4) is 0 Å². The Labute approximate surface area is 145 Å². The molecule has 0 aliphatic carbocycles. The molecular weight excluding hydrogens is 308 g/mol. The number of hydrogen-bond donors (Lipinski definition) is 1. The molecule has 0 saturated carbocycles. The summed E-state index contributed by atoms with van der Waals surface area (Å²) in [7, 11) is 1.72. The molecule has 0 aromatic heterocycles. The molecule has 2 heterocycles. The summed E-state index contributed by atoms with van der Waals surface area (Å²) in [6.07, 6.45) is 1.65. The first-order valence-electron chi connectivity index (χ1n) is 8.99. The van der Waals surface area contributed by atoms with Gasteiger partial charge in [-0.3, -0.25) is 19.4 Å². The SMILES string of the molecule is COCCN1CCN(C(C)C(=O)N2CCCC(C(N)=O)C2)CC1C. The summed E-state index contributed by atoms with van der Waals surface area (Å²) in [5.41, 5.74) is 5.42. The van der Waals surface area contributed by atoms with Crippen molar-refractivity contribution < 1.29 is 14.3 Å². The van der Waals surface area contributed by atoms with Crippen LogP contribution in [-0.2, 0) is 14.3 Å². The monoisotopic (exact) mass is 340 g/mol. The minimum absolute atomic E-state index is 0.124. The second kappa shape index (κ2) is 8.78. The average Bonchev–Trinajstić information content (AvgIpc) is 2.59. The van der Waals surface area contributed by atoms with Gasteiger partial charge in [0.1, 0.15) is 0 Å². The van der Waals surface area contributed by atoms with Crippen molar-refractivity contribution in [1.29, 1.82) is 0 Å². The van der Waals surface area contributed by atoms with Gasteiger partial charge in [0.25, 0.3) is 0 Å². The molecule has 3 atom stereocenters. The van der Waals surface area contributed by atoms with Gasteiger partial charge in [0.05, 0.1) is 18.6 Å². The maximum Gasteiger partial charge on any atom is 0.239 e. The van der Waals surface area contributed by atoms with Crippen molar-refractivity contribution in [2.75, 3.05) is 53.0 Å². The molecule has 2 amide bonds. The van der Waals surface area contributed by atoms with Crippen LogP contribution in [0.2, 0.25) is 0 Å². The van der Waals surface area contributed by atoms with Crippen LogP contribution < -0.4 is 5.73 Å². The number of carbonyl (C=O) groups is 2. The Morgan fingerprint density at radius 2 is 2.00 bits per heavy atom. The molecule has 0 aromatic rings. The number of nitrogens with two attached hydrogens (primary N) is 1. The lowest BCUT2D eigenvalue weighted by atomic mass is 9.97. The quantitative estimate of drug-likeness (QED) is 0.721. The first-order valence-corrected chi connectivity index (χ1v) is 8.99. The zero-order chi connectivity index (χ0) is 17.7. The van der Waals surface area contributed by atoms with Gasteiger partial charge in [-0.1, -0.05) is 0 Å². The van der Waals surface area contributed by atoms with Crippen LogP contribution in [0.3, 0.4) is 0 Å². The van der Waals surface area contributed by atoms with Gasteiger partial charge in [0.2, 0.25) is 11.8 Å². The van der Waals surface area contributed by atoms with Crippen LogP contribution in [-0.4, -0.2) is 91.6 Å². The van der Waals surface area contributed by atoms with Crippen molar-refractivity contribution in [2.24, 2.45) is 11.7 Å². The summed E-state index contributed by atoms with van der Waals surface area (Å²) in [5.74, 6) is -0.362. The lowest BCUT2D eigenvalue weighted by molar-refractivity contribution is -0.140. The van der Waals surface area contributed by atoms with E-state index in [4.69, 9.17) is 10.5 Å². The standard InChI is InChI=1S/C17H32N4O3/c1-13-11-20(8-7-19(13)9-10-24-3)14(2)17(23)21-6-4-5-15(12-21)16(18)22/h13-15H,4-12H2,1-3H3,(H2,18,22). The van der Waals surface area contributed by atoms with Gasteiger partial charge in [-0.25, -0.2) is 0 Å². The van der Waals surface area contributed by atoms with Gasteiger partial charge in [-0.05, 0) is 26.7 Å². The van der Waals surface area contributed by atoms with E-state index in [1.165, 1.54) is 0 Å². The molecule has 2 N–H and O–H groups in total. The fourth-order valence-corrected chi connectivity index (χ4v) is 3.75. The van der Waals surface area contributed by atoms with Crippen LogP contribution in [0.25, 0.3) is 0 Å². The zero-order valence-corrected chi connectivity index (χ0v) is 15.2. The van der Waals surface area contributed by atoms with Crippen LogP contribution in [0.1, 0.15) is 26.7 Å². The van der Waals surface area contributed by atoms with Gasteiger partial charge in [-0.2, -0.15) is 0 Å². The Morgan fingerprint density at radius 1 is 1.25 bits per heavy atom. The number of rotatable bonds is 6. The van der Waals surface area contributed by atoms with Crippen LogP contribution in [0.4, 0.5) is 0 Å². The lowest BCUT2D eigenvalue weighted by Crippen LogP contribution is -2.59. The highest BCUT2D eigenvalue weighted by Crippen LogP contribution is 2.19. The number of carbonyl (C=O) groups excluding carboxylic acids is 2. The number of piperidine rings is 1. The maximum atomic E-state index is 12.8. The van der Waals surface area contributed by atoms with Crippen LogP contribution in [0.15, 0.2) is 0 Å². The van der Waals surface area contributed by atoms with E-state index in [1.807, 2.05) is 11.8 Å². The molecule has 24 heavy (non-hydrogen) atoms. The molecule has 2 rings (SSSR count). The van der Waals surface area contributed by atoms with Crippen molar-refractivity contribution in [1.82, 2.24) is 14.7 Å². The minimum atomic E-state index is -0.291. The summed E-state index contributed by atoms with van der Waals surface area (Å²) in [6, 6.07) is 0.257. The molecule has 7 heteroatoms. The minimum Gasteiger partial charge on any atom is -0.383 e. The van der Waals surface area contributed by atoms with E-state index in [0.29, 0.717) is 12.6 Å². The van der Waals surface area contributed by atoms with E-state index in [0.717, 1.165) is 52.2 Å². The first kappa shape index (κ1) is 19.1. The third kappa shape index (κ3) is 4.68. The Kier molecular flexibility index (Phi) is 7.01. The van der Waals surface area contributed by atoms with Gasteiger partial charge in [0, 0.05) is 52.4 Å². The summed E-state index contributed by atoms with van der Waals surface area (Å²) in [6.45, 7) is 9.76. The zero-order valence-electron chi connectivity index (χ0n) is 15.2. The topological polar surface area (TPSA) is 79.1 Å². The normalized spacial score (nSPS) is 27.9. The van der Waals surface area contributed by atoms with Gasteiger partial charge >= 0.3 is 0 Å². The van der Waals surface area contributed by atoms with E-state index in [-0.39, 0.29) is 23.8 Å². The maximum absolute atomic E-state index is 12.8. The Balaban J connectivity index is 1.88. The number of hydrogen-bond acceptors (Lipinski definition) is 5. The highest BCUT2D eigenvalue weighted by molar-refractivity contribution is 5.83. The molecule has 0 aromatic carbocycles. The van der Waals surface area contributed by atoms with E-state index in [1.54, 1.807) is 7.11 Å². The average molecular weight is 340 g/mol. The Bertz CT molecular complexity index is 446. The molecule has 2 fully saturated rings. The van der Waals surface area contributed by atoms with Crippen LogP contribution in [0.5, 0.6) is 0 Å². The summed E-state index contributed by atoms with van der Waals surface area (Å²) in [5, 5.41) is 0. The van der Waals surface area contributed by atoms with Gasteiger partial charge in [-0.15, -0.1) is 0 Å². The molecule has 2 aliphatic heterocycles. The van der Waals surface area contributed by atoms with E-state index < -0.39 is 0 Å². The summed E-state index contributed by atoms with van der Waals surface area (Å²) < 4.78 is 5.16. The predicted octanol–water partition coefficient (Wildman–Crippen LogP) is -0.249. The molecule has 0 radical (unpaired) electrons. The molecule has 0 spiro atoms. The fourth-order valence-electron chi connectivity index (χ4n) is 3.75. The Morgan fingerprint density at radius 3 is 2.62 bits per heavy atom. The molecule has 7 nitrogen and oxygen atoms in total. The highest BCUT2D eigenvalue weighted by Gasteiger charge is 2.34. The second-order valence-electron chi connectivity index (χ2n) is 7.07. The van der Waals surface area contributed by atoms with Crippen LogP contribution in [0, 0.1) is 5.92 Å². The molecule has 0 bridgehead atoms. The van der Waals surface area contributed by atoms with Crippen LogP contribution >= 0.6 is 0 Å². The number of ether oxygens (including phenoxy) is 1. The smallest absolute Gasteiger partial charge is 0.239 e. The molecular formula is C17H32N4O3. The first-order chi connectivity index (χ1) is 11.4. The number of methoxy groups -OCH3 is 1. The van der Waals surface area contributed by atoms with E-state index in [2.05, 4.69) is 16.7 Å². The number of likely N-dealkylation sites (tertiary alicyclic amines) is 1. The number of piperazine rings is 1. The number of primary amides is 1. The van der Waals surface area contributed by atoms with Gasteiger partial charge in [0.15, 0.2) is 0 Å². The lowest BCUT2D eigenvalue weighted by Gasteiger charge is -2.43. The largest absolute Gasteiger partial charge is 0.383 e. The third-order valence-corrected chi connectivity index (χ3v) is 5.42. The summed E-state index contributed by atoms with van der Waals surface area (Å²) >= 11 is 0. The van der Waals surface area contributed by atoms with E-state index >= 15 is 0 Å². The van der Waals surface area contributed by atoms with E-state index in [9.17, 15) is 9.59 Å². The molecule has 2 saturated heterocycles. The molecule has 3 unspecified atom stereocenters. The van der Waals surface area contributed by atoms with Gasteiger partial charge < -0.3 is 15.4 Å². The Hall–Kier alpha value is -1.18. The van der Waals surface area contributed by atoms with Crippen molar-refractivity contribution in [3.05, 3.63) is 0 Å². The third-order valence-electron chi connectivity index (χ3n) is 5.42. The molecule has 2 aliphatic rings. The van der Waals surface area contributed by atoms with Crippen molar-refractivity contribution in [2.45, 2.75) is 38.8 Å². The summed E-state index contributed by atoms with van der Waals surface area (Å²) in [4.78, 5) is 30.7. The van der Waals surface area contributed by atoms with Crippen molar-refractivity contribution in [3.63, 3.8) is 0 Å². The second-order valence-corrected chi connectivity index (χ2v) is 7.07. The van der Waals surface area contributed by atoms with Crippen molar-refractivity contribution >= 4 is 11.8 Å².